The Morgan fingerprint density at radius 1 is 0.944 bits per heavy atom. The Morgan fingerprint density at radius 3 is 2.36 bits per heavy atom. The molecule has 3 aromatic rings. The van der Waals surface area contributed by atoms with E-state index in [1.54, 1.807) is 0 Å². The van der Waals surface area contributed by atoms with Crippen molar-refractivity contribution in [1.82, 2.24) is 9.80 Å². The molecule has 3 aromatic carbocycles. The van der Waals surface area contributed by atoms with Crippen molar-refractivity contribution < 1.29 is 9.59 Å². The van der Waals surface area contributed by atoms with Crippen molar-refractivity contribution in [3.8, 4) is 0 Å². The highest BCUT2D eigenvalue weighted by Crippen LogP contribution is 2.28. The van der Waals surface area contributed by atoms with Gasteiger partial charge in [-0.15, -0.1) is 0 Å². The number of rotatable bonds is 6. The number of carbonyl (C=O) groups is 2. The fourth-order valence-electron chi connectivity index (χ4n) is 4.68. The Kier molecular flexibility index (Phi) is 6.82. The maximum Gasteiger partial charge on any atom is 0.251 e. The second-order valence-corrected chi connectivity index (χ2v) is 9.40. The number of hydrogen-bond acceptors (Lipinski definition) is 5. The van der Waals surface area contributed by atoms with E-state index in [-0.39, 0.29) is 18.2 Å². The van der Waals surface area contributed by atoms with Gasteiger partial charge >= 0.3 is 0 Å². The van der Waals surface area contributed by atoms with Gasteiger partial charge in [0.1, 0.15) is 6.04 Å². The maximum absolute atomic E-state index is 13.4. The van der Waals surface area contributed by atoms with Crippen molar-refractivity contribution >= 4 is 29.1 Å². The van der Waals surface area contributed by atoms with Crippen LogP contribution in [0.25, 0.3) is 0 Å². The maximum atomic E-state index is 13.4. The van der Waals surface area contributed by atoms with E-state index in [0.717, 1.165) is 17.7 Å². The van der Waals surface area contributed by atoms with Gasteiger partial charge in [-0.3, -0.25) is 19.4 Å². The molecule has 1 fully saturated rings. The van der Waals surface area contributed by atoms with Gasteiger partial charge in [-0.25, -0.2) is 0 Å². The topological polar surface area (TPSA) is 68.2 Å². The standard InChI is InChI=1S/C29H31N5O2/c1-3-22-11-15-25(16-12-22)33-19-32(18-23-7-5-4-6-8-23)20-34-26(17-27(35)31-29(33)34)28(36)30-24-13-9-21(2)10-14-24/h4-16,26H,3,17-20H2,1-2H3,(H,30,36)/t26-/m1/s1. The van der Waals surface area contributed by atoms with E-state index in [9.17, 15) is 9.59 Å². The summed E-state index contributed by atoms with van der Waals surface area (Å²) in [5.74, 6) is 0.0447. The van der Waals surface area contributed by atoms with Crippen LogP contribution in [0.2, 0.25) is 0 Å². The zero-order valence-corrected chi connectivity index (χ0v) is 20.7. The van der Waals surface area contributed by atoms with Crippen LogP contribution >= 0.6 is 0 Å². The SMILES string of the molecule is CCc1ccc(N2CN(Cc3ccccc3)CN3C2=NC(=O)C[C@@H]3C(=O)Nc2ccc(C)cc2)cc1. The van der Waals surface area contributed by atoms with Crippen molar-refractivity contribution in [3.63, 3.8) is 0 Å². The van der Waals surface area contributed by atoms with Crippen molar-refractivity contribution in [2.24, 2.45) is 4.99 Å². The molecule has 2 heterocycles. The summed E-state index contributed by atoms with van der Waals surface area (Å²) in [5, 5.41) is 3.00. The van der Waals surface area contributed by atoms with E-state index >= 15 is 0 Å². The van der Waals surface area contributed by atoms with E-state index in [2.05, 4.69) is 58.5 Å². The van der Waals surface area contributed by atoms with E-state index in [0.29, 0.717) is 31.5 Å². The lowest BCUT2D eigenvalue weighted by atomic mass is 10.1. The first-order chi connectivity index (χ1) is 17.5. The second kappa shape index (κ2) is 10.3. The number of amides is 2. The van der Waals surface area contributed by atoms with Gasteiger partial charge in [-0.2, -0.15) is 4.99 Å². The average Bonchev–Trinajstić information content (AvgIpc) is 2.90. The van der Waals surface area contributed by atoms with Crippen LogP contribution < -0.4 is 10.2 Å². The number of nitrogens with zero attached hydrogens (tertiary/aromatic N) is 4. The molecule has 184 valence electrons. The lowest BCUT2D eigenvalue weighted by Gasteiger charge is -2.48. The molecule has 0 aliphatic carbocycles. The first-order valence-corrected chi connectivity index (χ1v) is 12.4. The number of anilines is 2. The summed E-state index contributed by atoms with van der Waals surface area (Å²) in [6.07, 6.45) is 0.996. The predicted octanol–water partition coefficient (Wildman–Crippen LogP) is 4.39. The average molecular weight is 482 g/mol. The molecule has 36 heavy (non-hydrogen) atoms. The Labute approximate surface area is 212 Å². The fourth-order valence-corrected chi connectivity index (χ4v) is 4.68. The van der Waals surface area contributed by atoms with E-state index < -0.39 is 6.04 Å². The lowest BCUT2D eigenvalue weighted by molar-refractivity contribution is -0.127. The first-order valence-electron chi connectivity index (χ1n) is 12.4. The van der Waals surface area contributed by atoms with E-state index in [4.69, 9.17) is 0 Å². The molecule has 0 unspecified atom stereocenters. The third-order valence-electron chi connectivity index (χ3n) is 6.69. The number of aliphatic imine (C=N–C) groups is 1. The van der Waals surface area contributed by atoms with Crippen molar-refractivity contribution in [2.75, 3.05) is 23.6 Å². The van der Waals surface area contributed by atoms with Crippen molar-refractivity contribution in [2.45, 2.75) is 39.3 Å². The first kappa shape index (κ1) is 23.8. The Morgan fingerprint density at radius 2 is 1.67 bits per heavy atom. The van der Waals surface area contributed by atoms with E-state index in [1.807, 2.05) is 59.2 Å². The number of nitrogens with one attached hydrogen (secondary N) is 1. The van der Waals surface area contributed by atoms with Crippen molar-refractivity contribution in [1.29, 1.82) is 0 Å². The number of aryl methyl sites for hydroxylation is 2. The van der Waals surface area contributed by atoms with Gasteiger partial charge in [0, 0.05) is 17.9 Å². The quantitative estimate of drug-likeness (QED) is 0.566. The fraction of sp³-hybridized carbons (Fsp3) is 0.276. The van der Waals surface area contributed by atoms with Gasteiger partial charge in [0.05, 0.1) is 19.8 Å². The molecular weight excluding hydrogens is 450 g/mol. The summed E-state index contributed by atoms with van der Waals surface area (Å²) in [6.45, 7) is 5.91. The lowest BCUT2D eigenvalue weighted by Crippen LogP contribution is -2.65. The normalized spacial score (nSPS) is 18.0. The van der Waals surface area contributed by atoms with Crippen LogP contribution in [0.1, 0.15) is 30.0 Å². The highest BCUT2D eigenvalue weighted by molar-refractivity contribution is 6.10. The second-order valence-electron chi connectivity index (χ2n) is 9.40. The van der Waals surface area contributed by atoms with Crippen LogP contribution in [0.15, 0.2) is 83.9 Å². The Balaban J connectivity index is 1.46. The summed E-state index contributed by atoms with van der Waals surface area (Å²) >= 11 is 0. The summed E-state index contributed by atoms with van der Waals surface area (Å²) < 4.78 is 0. The minimum atomic E-state index is -0.651. The predicted molar refractivity (Wildman–Crippen MR) is 143 cm³/mol. The zero-order chi connectivity index (χ0) is 25.1. The summed E-state index contributed by atoms with van der Waals surface area (Å²) in [6, 6.07) is 25.6. The molecule has 2 aliphatic rings. The van der Waals surface area contributed by atoms with Gasteiger partial charge in [-0.1, -0.05) is 67.1 Å². The van der Waals surface area contributed by atoms with Gasteiger partial charge in [0.15, 0.2) is 0 Å². The molecule has 5 rings (SSSR count). The van der Waals surface area contributed by atoms with Crippen LogP contribution in [-0.2, 0) is 22.6 Å². The molecule has 0 aromatic heterocycles. The molecule has 2 amide bonds. The van der Waals surface area contributed by atoms with E-state index in [1.165, 1.54) is 11.1 Å². The van der Waals surface area contributed by atoms with Gasteiger partial charge in [-0.05, 0) is 48.7 Å². The molecule has 0 radical (unpaired) electrons. The van der Waals surface area contributed by atoms with Gasteiger partial charge in [0.25, 0.3) is 5.91 Å². The molecule has 0 bridgehead atoms. The summed E-state index contributed by atoms with van der Waals surface area (Å²) in [5.41, 5.74) is 5.21. The molecule has 7 nitrogen and oxygen atoms in total. The zero-order valence-electron chi connectivity index (χ0n) is 20.7. The number of benzene rings is 3. The number of carbonyl (C=O) groups excluding carboxylic acids is 2. The van der Waals surface area contributed by atoms with Crippen molar-refractivity contribution in [3.05, 3.63) is 95.6 Å². The number of guanidine groups is 1. The van der Waals surface area contributed by atoms with Crippen LogP contribution in [0.5, 0.6) is 0 Å². The molecule has 2 aliphatic heterocycles. The highest BCUT2D eigenvalue weighted by Gasteiger charge is 2.41. The monoisotopic (exact) mass is 481 g/mol. The Hall–Kier alpha value is -3.97. The molecule has 1 saturated heterocycles. The summed E-state index contributed by atoms with van der Waals surface area (Å²) in [4.78, 5) is 36.9. The minimum absolute atomic E-state index is 0.0446. The van der Waals surface area contributed by atoms with Crippen LogP contribution in [0.3, 0.4) is 0 Å². The molecular formula is C29H31N5O2. The molecule has 1 atom stereocenters. The van der Waals surface area contributed by atoms with Crippen LogP contribution in [0, 0.1) is 6.92 Å². The molecule has 7 heteroatoms. The third-order valence-corrected chi connectivity index (χ3v) is 6.69. The largest absolute Gasteiger partial charge is 0.324 e. The summed E-state index contributed by atoms with van der Waals surface area (Å²) in [7, 11) is 0. The smallest absolute Gasteiger partial charge is 0.251 e. The van der Waals surface area contributed by atoms with Crippen LogP contribution in [0.4, 0.5) is 11.4 Å². The van der Waals surface area contributed by atoms with Gasteiger partial charge in [0.2, 0.25) is 11.9 Å². The van der Waals surface area contributed by atoms with Crippen LogP contribution in [-0.4, -0.2) is 47.0 Å². The third kappa shape index (κ3) is 5.16. The number of hydrogen-bond donors (Lipinski definition) is 1. The molecule has 0 spiro atoms. The Bertz CT molecular complexity index is 1260. The molecule has 0 saturated carbocycles. The van der Waals surface area contributed by atoms with Gasteiger partial charge < -0.3 is 10.2 Å². The highest BCUT2D eigenvalue weighted by atomic mass is 16.2. The minimum Gasteiger partial charge on any atom is -0.324 e. The molecule has 1 N–H and O–H groups in total. The number of fused-ring (bicyclic) bond motifs is 1.